The van der Waals surface area contributed by atoms with Crippen molar-refractivity contribution in [3.8, 4) is 0 Å². The lowest BCUT2D eigenvalue weighted by molar-refractivity contribution is 0.436. The molecule has 1 fully saturated rings. The van der Waals surface area contributed by atoms with Crippen molar-refractivity contribution in [3.05, 3.63) is 21.4 Å². The van der Waals surface area contributed by atoms with Gasteiger partial charge in [0, 0.05) is 16.7 Å². The van der Waals surface area contributed by atoms with Crippen molar-refractivity contribution in [2.75, 3.05) is 18.0 Å². The minimum Gasteiger partial charge on any atom is -0.357 e. The van der Waals surface area contributed by atoms with Gasteiger partial charge in [-0.05, 0) is 60.4 Å². The average molecular weight is 316 g/mol. The topological polar surface area (TPSA) is 16.1 Å². The average Bonchev–Trinajstić information content (AvgIpc) is 2.23. The molecular formula is C12H17IN2. The summed E-state index contributed by atoms with van der Waals surface area (Å²) in [7, 11) is 0. The summed E-state index contributed by atoms with van der Waals surface area (Å²) in [5.74, 6) is 2.03. The molecule has 2 heterocycles. The van der Waals surface area contributed by atoms with Crippen LogP contribution in [0.3, 0.4) is 0 Å². The van der Waals surface area contributed by atoms with Gasteiger partial charge in [0.15, 0.2) is 0 Å². The van der Waals surface area contributed by atoms with Gasteiger partial charge < -0.3 is 4.90 Å². The predicted molar refractivity (Wildman–Crippen MR) is 72.3 cm³/mol. The molecule has 0 spiro atoms. The van der Waals surface area contributed by atoms with Crippen LogP contribution >= 0.6 is 22.6 Å². The van der Waals surface area contributed by atoms with E-state index in [0.717, 1.165) is 30.5 Å². The van der Waals surface area contributed by atoms with Gasteiger partial charge in [-0.1, -0.05) is 6.92 Å². The lowest BCUT2D eigenvalue weighted by Gasteiger charge is -2.31. The second-order valence-corrected chi connectivity index (χ2v) is 5.57. The molecular weight excluding hydrogens is 299 g/mol. The fourth-order valence-corrected chi connectivity index (χ4v) is 2.25. The van der Waals surface area contributed by atoms with Crippen molar-refractivity contribution in [3.63, 3.8) is 0 Å². The normalized spacial score (nSPS) is 18.2. The third-order valence-corrected chi connectivity index (χ3v) is 4.25. The van der Waals surface area contributed by atoms with Gasteiger partial charge >= 0.3 is 0 Å². The monoisotopic (exact) mass is 316 g/mol. The van der Waals surface area contributed by atoms with Crippen LogP contribution in [0.25, 0.3) is 0 Å². The van der Waals surface area contributed by atoms with Crippen LogP contribution in [0.1, 0.15) is 25.5 Å². The highest BCUT2D eigenvalue weighted by Crippen LogP contribution is 2.22. The number of anilines is 1. The first-order chi connectivity index (χ1) is 7.16. The zero-order valence-corrected chi connectivity index (χ0v) is 11.5. The number of nitrogens with zero attached hydrogens (tertiary/aromatic N) is 2. The van der Waals surface area contributed by atoms with Gasteiger partial charge in [-0.3, -0.25) is 0 Å². The van der Waals surface area contributed by atoms with Crippen molar-refractivity contribution in [2.45, 2.75) is 26.7 Å². The molecule has 1 aliphatic heterocycles. The van der Waals surface area contributed by atoms with Crippen LogP contribution in [0.4, 0.5) is 5.82 Å². The molecule has 3 heteroatoms. The number of piperidine rings is 1. The summed E-state index contributed by atoms with van der Waals surface area (Å²) in [6.07, 6.45) is 2.60. The molecule has 2 nitrogen and oxygen atoms in total. The van der Waals surface area contributed by atoms with Gasteiger partial charge in [-0.2, -0.15) is 0 Å². The first kappa shape index (κ1) is 11.2. The van der Waals surface area contributed by atoms with Crippen molar-refractivity contribution >= 4 is 28.4 Å². The summed E-state index contributed by atoms with van der Waals surface area (Å²) in [4.78, 5) is 7.05. The molecule has 0 radical (unpaired) electrons. The maximum Gasteiger partial charge on any atom is 0.128 e. The molecule has 1 aromatic rings. The predicted octanol–water partition coefficient (Wildman–Crippen LogP) is 3.23. The van der Waals surface area contributed by atoms with E-state index in [4.69, 9.17) is 0 Å². The molecule has 0 N–H and O–H groups in total. The molecule has 15 heavy (non-hydrogen) atoms. The maximum absolute atomic E-state index is 4.64. The smallest absolute Gasteiger partial charge is 0.128 e. The van der Waals surface area contributed by atoms with E-state index >= 15 is 0 Å². The molecule has 1 aliphatic rings. The van der Waals surface area contributed by atoms with Gasteiger partial charge in [0.1, 0.15) is 5.82 Å². The maximum atomic E-state index is 4.64. The Morgan fingerprint density at radius 2 is 2.00 bits per heavy atom. The molecule has 82 valence electrons. The molecule has 0 aliphatic carbocycles. The second-order valence-electron chi connectivity index (χ2n) is 4.41. The fourth-order valence-electron chi connectivity index (χ4n) is 1.94. The summed E-state index contributed by atoms with van der Waals surface area (Å²) >= 11 is 2.33. The molecule has 0 aromatic carbocycles. The lowest BCUT2D eigenvalue weighted by atomic mass is 9.99. The van der Waals surface area contributed by atoms with Crippen LogP contribution < -0.4 is 4.90 Å². The van der Waals surface area contributed by atoms with Crippen LogP contribution in [-0.4, -0.2) is 18.1 Å². The van der Waals surface area contributed by atoms with Gasteiger partial charge in [-0.25, -0.2) is 4.98 Å². The van der Waals surface area contributed by atoms with Gasteiger partial charge in [0.25, 0.3) is 0 Å². The SMILES string of the molecule is Cc1nc(N2CCC(C)CC2)ccc1I. The van der Waals surface area contributed by atoms with E-state index in [9.17, 15) is 0 Å². The van der Waals surface area contributed by atoms with E-state index in [1.165, 1.54) is 16.4 Å². The highest BCUT2D eigenvalue weighted by molar-refractivity contribution is 14.1. The fraction of sp³-hybridized carbons (Fsp3) is 0.583. The van der Waals surface area contributed by atoms with Crippen molar-refractivity contribution in [1.82, 2.24) is 4.98 Å². The molecule has 1 aromatic heterocycles. The van der Waals surface area contributed by atoms with Crippen LogP contribution in [0, 0.1) is 16.4 Å². The van der Waals surface area contributed by atoms with E-state index in [2.05, 4.69) is 58.5 Å². The van der Waals surface area contributed by atoms with Gasteiger partial charge in [-0.15, -0.1) is 0 Å². The van der Waals surface area contributed by atoms with E-state index in [-0.39, 0.29) is 0 Å². The Morgan fingerprint density at radius 3 is 2.60 bits per heavy atom. The highest BCUT2D eigenvalue weighted by Gasteiger charge is 2.16. The van der Waals surface area contributed by atoms with Crippen LogP contribution in [-0.2, 0) is 0 Å². The highest BCUT2D eigenvalue weighted by atomic mass is 127. The Balaban J connectivity index is 2.12. The number of halogens is 1. The summed E-state index contributed by atoms with van der Waals surface area (Å²) in [5.41, 5.74) is 1.15. The number of aryl methyl sites for hydroxylation is 1. The Hall–Kier alpha value is -0.320. The number of hydrogen-bond donors (Lipinski definition) is 0. The van der Waals surface area contributed by atoms with Crippen LogP contribution in [0.5, 0.6) is 0 Å². The second kappa shape index (κ2) is 4.68. The first-order valence-electron chi connectivity index (χ1n) is 5.55. The molecule has 2 rings (SSSR count). The number of pyridine rings is 1. The number of hydrogen-bond acceptors (Lipinski definition) is 2. The molecule has 0 amide bonds. The lowest BCUT2D eigenvalue weighted by Crippen LogP contribution is -2.33. The minimum atomic E-state index is 0.881. The van der Waals surface area contributed by atoms with Crippen LogP contribution in [0.2, 0.25) is 0 Å². The van der Waals surface area contributed by atoms with Gasteiger partial charge in [0.05, 0.1) is 5.69 Å². The Bertz CT molecular complexity index is 343. The summed E-state index contributed by atoms with van der Waals surface area (Å²) < 4.78 is 1.25. The Labute approximate surface area is 105 Å². The van der Waals surface area contributed by atoms with E-state index in [0.29, 0.717) is 0 Å². The molecule has 0 saturated carbocycles. The van der Waals surface area contributed by atoms with Crippen LogP contribution in [0.15, 0.2) is 12.1 Å². The van der Waals surface area contributed by atoms with Crippen molar-refractivity contribution < 1.29 is 0 Å². The quantitative estimate of drug-likeness (QED) is 0.740. The standard InChI is InChI=1S/C12H17IN2/c1-9-5-7-15(8-6-9)12-4-3-11(13)10(2)14-12/h3-4,9H,5-8H2,1-2H3. The first-order valence-corrected chi connectivity index (χ1v) is 6.63. The zero-order valence-electron chi connectivity index (χ0n) is 9.33. The van der Waals surface area contributed by atoms with Crippen molar-refractivity contribution in [1.29, 1.82) is 0 Å². The third kappa shape index (κ3) is 2.62. The van der Waals surface area contributed by atoms with E-state index < -0.39 is 0 Å². The summed E-state index contributed by atoms with van der Waals surface area (Å²) in [6.45, 7) is 6.74. The summed E-state index contributed by atoms with van der Waals surface area (Å²) in [5, 5.41) is 0. The van der Waals surface area contributed by atoms with E-state index in [1.807, 2.05) is 0 Å². The number of aromatic nitrogens is 1. The van der Waals surface area contributed by atoms with Gasteiger partial charge in [0.2, 0.25) is 0 Å². The third-order valence-electron chi connectivity index (χ3n) is 3.11. The summed E-state index contributed by atoms with van der Waals surface area (Å²) in [6, 6.07) is 4.31. The zero-order chi connectivity index (χ0) is 10.8. The Kier molecular flexibility index (Phi) is 3.49. The Morgan fingerprint density at radius 1 is 1.33 bits per heavy atom. The number of rotatable bonds is 1. The van der Waals surface area contributed by atoms with E-state index in [1.54, 1.807) is 0 Å². The molecule has 0 atom stereocenters. The molecule has 0 unspecified atom stereocenters. The molecule has 0 bridgehead atoms. The van der Waals surface area contributed by atoms with Crippen molar-refractivity contribution in [2.24, 2.45) is 5.92 Å². The molecule has 1 saturated heterocycles. The largest absolute Gasteiger partial charge is 0.357 e. The minimum absolute atomic E-state index is 0.881.